The number of amides is 2. The first kappa shape index (κ1) is 15.8. The predicted molar refractivity (Wildman–Crippen MR) is 77.7 cm³/mol. The molecule has 5 heteroatoms. The largest absolute Gasteiger partial charge is 0.480 e. The molecule has 2 N–H and O–H groups in total. The molecule has 1 atom stereocenters. The number of aliphatic carboxylic acids is 1. The maximum Gasteiger partial charge on any atom is 0.323 e. The Labute approximate surface area is 118 Å². The summed E-state index contributed by atoms with van der Waals surface area (Å²) in [6.45, 7) is 5.85. The second-order valence-electron chi connectivity index (χ2n) is 4.56. The van der Waals surface area contributed by atoms with Crippen LogP contribution in [0, 0.1) is 0 Å². The molecule has 0 fully saturated rings. The van der Waals surface area contributed by atoms with E-state index in [0.717, 1.165) is 5.56 Å². The monoisotopic (exact) mass is 276 g/mol. The summed E-state index contributed by atoms with van der Waals surface area (Å²) in [5.74, 6) is -0.881. The third-order valence-electron chi connectivity index (χ3n) is 2.89. The number of nitrogens with one attached hydrogen (secondary N) is 1. The number of carboxylic acids is 1. The van der Waals surface area contributed by atoms with Crippen LogP contribution in [0.25, 0.3) is 0 Å². The molecule has 1 aromatic carbocycles. The first-order chi connectivity index (χ1) is 9.54. The summed E-state index contributed by atoms with van der Waals surface area (Å²) in [5, 5.41) is 11.5. The predicted octanol–water partition coefficient (Wildman–Crippen LogP) is 2.07. The van der Waals surface area contributed by atoms with Crippen LogP contribution in [0.4, 0.5) is 4.79 Å². The number of hydrogen-bond acceptors (Lipinski definition) is 2. The first-order valence-electron chi connectivity index (χ1n) is 6.45. The summed E-state index contributed by atoms with van der Waals surface area (Å²) in [4.78, 5) is 23.8. The smallest absolute Gasteiger partial charge is 0.323 e. The summed E-state index contributed by atoms with van der Waals surface area (Å²) < 4.78 is 0. The maximum absolute atomic E-state index is 11.9. The van der Waals surface area contributed by atoms with Crippen molar-refractivity contribution in [2.45, 2.75) is 12.8 Å². The maximum atomic E-state index is 11.9. The molecule has 1 aromatic rings. The molecule has 0 heterocycles. The van der Waals surface area contributed by atoms with E-state index in [0.29, 0.717) is 6.54 Å². The lowest BCUT2D eigenvalue weighted by Gasteiger charge is -2.21. The van der Waals surface area contributed by atoms with Crippen LogP contribution in [0.1, 0.15) is 18.4 Å². The number of hydrogen-bond donors (Lipinski definition) is 2. The summed E-state index contributed by atoms with van der Waals surface area (Å²) >= 11 is 0. The second kappa shape index (κ2) is 7.99. The number of carbonyl (C=O) groups is 2. The van der Waals surface area contributed by atoms with Gasteiger partial charge in [-0.2, -0.15) is 0 Å². The van der Waals surface area contributed by atoms with Crippen molar-refractivity contribution in [2.24, 2.45) is 0 Å². The van der Waals surface area contributed by atoms with Crippen molar-refractivity contribution in [2.75, 3.05) is 19.6 Å². The highest BCUT2D eigenvalue weighted by molar-refractivity contribution is 5.80. The Balaban J connectivity index is 2.52. The van der Waals surface area contributed by atoms with Crippen LogP contribution >= 0.6 is 0 Å². The third-order valence-corrected chi connectivity index (χ3v) is 2.89. The molecule has 5 nitrogen and oxygen atoms in total. The Bertz CT molecular complexity index is 459. The van der Waals surface area contributed by atoms with Gasteiger partial charge in [-0.25, -0.2) is 4.79 Å². The number of carboxylic acid groups (broad SMARTS) is 1. The molecule has 0 aromatic heterocycles. The van der Waals surface area contributed by atoms with Gasteiger partial charge in [0, 0.05) is 13.1 Å². The molecule has 0 aliphatic rings. The lowest BCUT2D eigenvalue weighted by molar-refractivity contribution is -0.137. The van der Waals surface area contributed by atoms with Gasteiger partial charge in [-0.1, -0.05) is 43.3 Å². The van der Waals surface area contributed by atoms with Crippen molar-refractivity contribution in [3.63, 3.8) is 0 Å². The van der Waals surface area contributed by atoms with Crippen molar-refractivity contribution in [3.8, 4) is 0 Å². The van der Waals surface area contributed by atoms with Gasteiger partial charge < -0.3 is 15.3 Å². The molecule has 0 spiro atoms. The zero-order valence-electron chi connectivity index (χ0n) is 11.6. The molecule has 108 valence electrons. The minimum Gasteiger partial charge on any atom is -0.480 e. The number of urea groups is 1. The zero-order chi connectivity index (χ0) is 15.0. The van der Waals surface area contributed by atoms with Gasteiger partial charge in [0.1, 0.15) is 6.54 Å². The van der Waals surface area contributed by atoms with Crippen molar-refractivity contribution in [3.05, 3.63) is 48.6 Å². The topological polar surface area (TPSA) is 69.6 Å². The normalized spacial score (nSPS) is 11.4. The van der Waals surface area contributed by atoms with Gasteiger partial charge in [-0.15, -0.1) is 6.58 Å². The Morgan fingerprint density at radius 2 is 2.05 bits per heavy atom. The molecule has 0 aliphatic heterocycles. The van der Waals surface area contributed by atoms with Gasteiger partial charge in [0.05, 0.1) is 0 Å². The summed E-state index contributed by atoms with van der Waals surface area (Å²) in [7, 11) is 0. The summed E-state index contributed by atoms with van der Waals surface area (Å²) in [5.41, 5.74) is 1.13. The molecular weight excluding hydrogens is 256 g/mol. The van der Waals surface area contributed by atoms with E-state index < -0.39 is 12.0 Å². The van der Waals surface area contributed by atoms with Crippen LogP contribution < -0.4 is 5.32 Å². The van der Waals surface area contributed by atoms with Gasteiger partial charge in [0.15, 0.2) is 0 Å². The highest BCUT2D eigenvalue weighted by atomic mass is 16.4. The Hall–Kier alpha value is -2.30. The average molecular weight is 276 g/mol. The molecule has 2 amide bonds. The Morgan fingerprint density at radius 3 is 2.60 bits per heavy atom. The number of rotatable bonds is 7. The van der Waals surface area contributed by atoms with E-state index in [1.54, 1.807) is 0 Å². The molecule has 20 heavy (non-hydrogen) atoms. The highest BCUT2D eigenvalue weighted by Gasteiger charge is 2.16. The quantitative estimate of drug-likeness (QED) is 0.749. The molecule has 1 rings (SSSR count). The van der Waals surface area contributed by atoms with Gasteiger partial charge in [0.25, 0.3) is 0 Å². The standard InChI is InChI=1S/C15H20N2O3/c1-3-9-17(11-14(18)19)15(20)16-10-12(2)13-7-5-4-6-8-13/h3-8,12H,1,9-11H2,2H3,(H,16,20)(H,18,19). The molecular formula is C15H20N2O3. The van der Waals surface area contributed by atoms with Crippen molar-refractivity contribution < 1.29 is 14.7 Å². The molecule has 0 saturated heterocycles. The van der Waals surface area contributed by atoms with E-state index in [9.17, 15) is 9.59 Å². The highest BCUT2D eigenvalue weighted by Crippen LogP contribution is 2.13. The minimum atomic E-state index is -1.04. The molecule has 1 unspecified atom stereocenters. The fourth-order valence-corrected chi connectivity index (χ4v) is 1.79. The van der Waals surface area contributed by atoms with Gasteiger partial charge in [-0.05, 0) is 11.5 Å². The number of nitrogens with zero attached hydrogens (tertiary/aromatic N) is 1. The lowest BCUT2D eigenvalue weighted by Crippen LogP contribution is -2.43. The average Bonchev–Trinajstić information content (AvgIpc) is 2.44. The number of benzene rings is 1. The fourth-order valence-electron chi connectivity index (χ4n) is 1.79. The van der Waals surface area contributed by atoms with Crippen molar-refractivity contribution >= 4 is 12.0 Å². The Kier molecular flexibility index (Phi) is 6.29. The SMILES string of the molecule is C=CCN(CC(=O)O)C(=O)NCC(C)c1ccccc1. The summed E-state index contributed by atoms with van der Waals surface area (Å²) in [6, 6.07) is 9.43. The van der Waals surface area contributed by atoms with Crippen LogP contribution in [-0.2, 0) is 4.79 Å². The van der Waals surface area contributed by atoms with E-state index in [2.05, 4.69) is 11.9 Å². The molecule has 0 saturated carbocycles. The van der Waals surface area contributed by atoms with E-state index in [1.165, 1.54) is 11.0 Å². The van der Waals surface area contributed by atoms with Gasteiger partial charge >= 0.3 is 12.0 Å². The molecule has 0 aliphatic carbocycles. The van der Waals surface area contributed by atoms with Crippen LogP contribution in [0.5, 0.6) is 0 Å². The van der Waals surface area contributed by atoms with Gasteiger partial charge in [-0.3, -0.25) is 4.79 Å². The zero-order valence-corrected chi connectivity index (χ0v) is 11.6. The van der Waals surface area contributed by atoms with Gasteiger partial charge in [0.2, 0.25) is 0 Å². The first-order valence-corrected chi connectivity index (χ1v) is 6.45. The third kappa shape index (κ3) is 5.14. The molecule has 0 radical (unpaired) electrons. The van der Waals surface area contributed by atoms with Crippen molar-refractivity contribution in [1.82, 2.24) is 10.2 Å². The number of carbonyl (C=O) groups excluding carboxylic acids is 1. The van der Waals surface area contributed by atoms with Crippen molar-refractivity contribution in [1.29, 1.82) is 0 Å². The summed E-state index contributed by atoms with van der Waals surface area (Å²) in [6.07, 6.45) is 1.50. The molecule has 0 bridgehead atoms. The van der Waals surface area contributed by atoms with Crippen LogP contribution in [0.15, 0.2) is 43.0 Å². The minimum absolute atomic E-state index is 0.163. The van der Waals surface area contributed by atoms with Crippen LogP contribution in [0.3, 0.4) is 0 Å². The van der Waals surface area contributed by atoms with Crippen LogP contribution in [-0.4, -0.2) is 41.6 Å². The van der Waals surface area contributed by atoms with E-state index in [4.69, 9.17) is 5.11 Å². The lowest BCUT2D eigenvalue weighted by atomic mass is 10.0. The van der Waals surface area contributed by atoms with Crippen LogP contribution in [0.2, 0.25) is 0 Å². The van der Waals surface area contributed by atoms with E-state index >= 15 is 0 Å². The Morgan fingerprint density at radius 1 is 1.40 bits per heavy atom. The fraction of sp³-hybridized carbons (Fsp3) is 0.333. The van der Waals surface area contributed by atoms with E-state index in [-0.39, 0.29) is 19.0 Å². The van der Waals surface area contributed by atoms with E-state index in [1.807, 2.05) is 37.3 Å². The second-order valence-corrected chi connectivity index (χ2v) is 4.56.